The van der Waals surface area contributed by atoms with Crippen LogP contribution in [0.25, 0.3) is 0 Å². The van der Waals surface area contributed by atoms with E-state index in [1.165, 1.54) is 19.1 Å². The van der Waals surface area contributed by atoms with Crippen LogP contribution in [0, 0.1) is 0 Å². The lowest BCUT2D eigenvalue weighted by Crippen LogP contribution is -2.42. The Kier molecular flexibility index (Phi) is 4.79. The third kappa shape index (κ3) is 3.98. The van der Waals surface area contributed by atoms with E-state index in [1.807, 2.05) is 0 Å². The fraction of sp³-hybridized carbons (Fsp3) is 0.467. The molecule has 1 N–H and O–H groups in total. The van der Waals surface area contributed by atoms with Crippen molar-refractivity contribution < 1.29 is 32.2 Å². The molecular weight excluding hydrogens is 374 g/mol. The Morgan fingerprint density at radius 1 is 1.36 bits per heavy atom. The molecule has 1 aromatic carbocycles. The van der Waals surface area contributed by atoms with Crippen LogP contribution in [-0.2, 0) is 19.4 Å². The van der Waals surface area contributed by atoms with Crippen molar-refractivity contribution in [1.82, 2.24) is 5.32 Å². The van der Waals surface area contributed by atoms with E-state index in [0.717, 1.165) is 0 Å². The summed E-state index contributed by atoms with van der Waals surface area (Å²) < 4.78 is 38.3. The van der Waals surface area contributed by atoms with E-state index < -0.39 is 33.9 Å². The maximum Gasteiger partial charge on any atom is 0.339 e. The minimum Gasteiger partial charge on any atom is -0.454 e. The van der Waals surface area contributed by atoms with Gasteiger partial charge in [0.05, 0.1) is 22.1 Å². The van der Waals surface area contributed by atoms with Crippen molar-refractivity contribution in [3.63, 3.8) is 0 Å². The normalized spacial score (nSPS) is 21.6. The second-order valence-electron chi connectivity index (χ2n) is 5.85. The van der Waals surface area contributed by atoms with Gasteiger partial charge in [-0.3, -0.25) is 4.79 Å². The second-order valence-corrected chi connectivity index (χ2v) is 8.48. The van der Waals surface area contributed by atoms with E-state index >= 15 is 0 Å². The highest BCUT2D eigenvalue weighted by molar-refractivity contribution is 7.91. The lowest BCUT2D eigenvalue weighted by molar-refractivity contribution is -0.129. The van der Waals surface area contributed by atoms with Crippen molar-refractivity contribution in [1.29, 1.82) is 0 Å². The first-order valence-electron chi connectivity index (χ1n) is 7.56. The third-order valence-corrected chi connectivity index (χ3v) is 5.94. The number of nitrogens with one attached hydrogen (secondary N) is 1. The first-order chi connectivity index (χ1) is 11.7. The van der Waals surface area contributed by atoms with Crippen LogP contribution in [0.3, 0.4) is 0 Å². The van der Waals surface area contributed by atoms with E-state index in [1.54, 1.807) is 0 Å². The Morgan fingerprint density at radius 2 is 2.12 bits per heavy atom. The Bertz CT molecular complexity index is 823. The molecule has 2 heterocycles. The highest BCUT2D eigenvalue weighted by Crippen LogP contribution is 2.39. The van der Waals surface area contributed by atoms with Crippen molar-refractivity contribution in [2.45, 2.75) is 25.5 Å². The summed E-state index contributed by atoms with van der Waals surface area (Å²) in [5.41, 5.74) is 0.123. The Labute approximate surface area is 149 Å². The largest absolute Gasteiger partial charge is 0.454 e. The lowest BCUT2D eigenvalue weighted by Gasteiger charge is -2.16. The van der Waals surface area contributed by atoms with Gasteiger partial charge >= 0.3 is 5.97 Å². The molecule has 2 aliphatic rings. The first-order valence-corrected chi connectivity index (χ1v) is 9.76. The van der Waals surface area contributed by atoms with Gasteiger partial charge in [-0.2, -0.15) is 0 Å². The number of hydrogen-bond donors (Lipinski definition) is 1. The zero-order chi connectivity index (χ0) is 18.2. The average molecular weight is 390 g/mol. The summed E-state index contributed by atoms with van der Waals surface area (Å²) in [7, 11) is -3.11. The molecule has 8 nitrogen and oxygen atoms in total. The van der Waals surface area contributed by atoms with Crippen LogP contribution < -0.4 is 14.8 Å². The molecule has 25 heavy (non-hydrogen) atoms. The van der Waals surface area contributed by atoms with E-state index in [9.17, 15) is 18.0 Å². The minimum absolute atomic E-state index is 0.0106. The number of fused-ring (bicyclic) bond motifs is 1. The lowest BCUT2D eigenvalue weighted by atomic mass is 10.2. The molecule has 0 bridgehead atoms. The van der Waals surface area contributed by atoms with Gasteiger partial charge in [-0.1, -0.05) is 11.6 Å². The van der Waals surface area contributed by atoms with Gasteiger partial charge in [-0.25, -0.2) is 13.2 Å². The van der Waals surface area contributed by atoms with Crippen LogP contribution in [0.15, 0.2) is 12.1 Å². The number of carbonyl (C=O) groups is 2. The van der Waals surface area contributed by atoms with Gasteiger partial charge in [-0.15, -0.1) is 0 Å². The summed E-state index contributed by atoms with van der Waals surface area (Å²) in [6.07, 6.45) is -0.730. The number of benzene rings is 1. The molecule has 136 valence electrons. The third-order valence-electron chi connectivity index (χ3n) is 3.89. The molecule has 1 amide bonds. The van der Waals surface area contributed by atoms with Crippen LogP contribution in [0.4, 0.5) is 0 Å². The van der Waals surface area contributed by atoms with Crippen LogP contribution in [0.1, 0.15) is 23.7 Å². The van der Waals surface area contributed by atoms with Gasteiger partial charge in [-0.05, 0) is 25.5 Å². The molecule has 0 aliphatic carbocycles. The minimum atomic E-state index is -3.11. The summed E-state index contributed by atoms with van der Waals surface area (Å²) in [4.78, 5) is 24.3. The van der Waals surface area contributed by atoms with Gasteiger partial charge in [0.2, 0.25) is 6.79 Å². The maximum absolute atomic E-state index is 12.2. The summed E-state index contributed by atoms with van der Waals surface area (Å²) in [5, 5.41) is 2.78. The van der Waals surface area contributed by atoms with E-state index in [2.05, 4.69) is 5.32 Å². The van der Waals surface area contributed by atoms with Gasteiger partial charge < -0.3 is 19.5 Å². The smallest absolute Gasteiger partial charge is 0.339 e. The van der Waals surface area contributed by atoms with Crippen molar-refractivity contribution in [2.24, 2.45) is 0 Å². The Hall–Kier alpha value is -2.00. The molecule has 1 saturated heterocycles. The summed E-state index contributed by atoms with van der Waals surface area (Å²) in [6.45, 7) is 1.42. The number of hydrogen-bond acceptors (Lipinski definition) is 7. The molecule has 0 radical (unpaired) electrons. The van der Waals surface area contributed by atoms with Crippen LogP contribution >= 0.6 is 11.6 Å². The number of esters is 1. The second kappa shape index (κ2) is 6.72. The zero-order valence-electron chi connectivity index (χ0n) is 13.3. The maximum atomic E-state index is 12.2. The van der Waals surface area contributed by atoms with Gasteiger partial charge in [0, 0.05) is 6.04 Å². The molecule has 2 atom stereocenters. The Balaban J connectivity index is 1.61. The number of rotatable bonds is 4. The molecule has 0 aromatic heterocycles. The van der Waals surface area contributed by atoms with E-state index in [4.69, 9.17) is 25.8 Å². The number of sulfone groups is 1. The van der Waals surface area contributed by atoms with Crippen molar-refractivity contribution in [3.05, 3.63) is 22.7 Å². The average Bonchev–Trinajstić information content (AvgIpc) is 3.13. The molecule has 0 saturated carbocycles. The number of amides is 1. The van der Waals surface area contributed by atoms with Crippen molar-refractivity contribution in [2.75, 3.05) is 18.3 Å². The topological polar surface area (TPSA) is 108 Å². The highest BCUT2D eigenvalue weighted by Gasteiger charge is 2.31. The summed E-state index contributed by atoms with van der Waals surface area (Å²) >= 11 is 6.01. The predicted molar refractivity (Wildman–Crippen MR) is 87.7 cm³/mol. The Morgan fingerprint density at radius 3 is 2.80 bits per heavy atom. The fourth-order valence-electron chi connectivity index (χ4n) is 2.59. The molecule has 10 heteroatoms. The van der Waals surface area contributed by atoms with Crippen LogP contribution in [0.5, 0.6) is 11.5 Å². The SMILES string of the molecule is C[C@@H](OC(=O)c1cc(Cl)c2c(c1)OCO2)C(=O)N[C@H]1CCS(=O)(=O)C1. The van der Waals surface area contributed by atoms with Gasteiger partial charge in [0.1, 0.15) is 0 Å². The molecule has 0 unspecified atom stereocenters. The fourth-order valence-corrected chi connectivity index (χ4v) is 4.53. The van der Waals surface area contributed by atoms with E-state index in [-0.39, 0.29) is 28.9 Å². The molecule has 1 aromatic rings. The number of carbonyl (C=O) groups excluding carboxylic acids is 2. The highest BCUT2D eigenvalue weighted by atomic mass is 35.5. The molecule has 0 spiro atoms. The number of ether oxygens (including phenoxy) is 3. The van der Waals surface area contributed by atoms with Crippen molar-refractivity contribution >= 4 is 33.3 Å². The van der Waals surface area contributed by atoms with Gasteiger partial charge in [0.25, 0.3) is 5.91 Å². The van der Waals surface area contributed by atoms with Crippen molar-refractivity contribution in [3.8, 4) is 11.5 Å². The summed E-state index contributed by atoms with van der Waals surface area (Å²) in [5.74, 6) is -0.678. The first kappa shape index (κ1) is 17.8. The molecule has 1 fully saturated rings. The molecule has 2 aliphatic heterocycles. The molecule has 3 rings (SSSR count). The standard InChI is InChI=1S/C15H16ClNO7S/c1-8(14(18)17-10-2-3-25(20,21)6-10)24-15(19)9-4-11(16)13-12(5-9)22-7-23-13/h4-5,8,10H,2-3,6-7H2,1H3,(H,17,18)/t8-,10+/m1/s1. The quantitative estimate of drug-likeness (QED) is 0.762. The van der Waals surface area contributed by atoms with Gasteiger partial charge in [0.15, 0.2) is 27.4 Å². The predicted octanol–water partition coefficient (Wildman–Crippen LogP) is 0.917. The number of halogens is 1. The van der Waals surface area contributed by atoms with Crippen LogP contribution in [0.2, 0.25) is 5.02 Å². The molecular formula is C15H16ClNO7S. The van der Waals surface area contributed by atoms with Crippen LogP contribution in [-0.4, -0.2) is 50.7 Å². The zero-order valence-corrected chi connectivity index (χ0v) is 14.9. The monoisotopic (exact) mass is 389 g/mol. The van der Waals surface area contributed by atoms with E-state index in [0.29, 0.717) is 17.9 Å². The summed E-state index contributed by atoms with van der Waals surface area (Å²) in [6, 6.07) is 2.33.